The Hall–Kier alpha value is -3.23. The number of nitrogens with zero attached hydrogens (tertiary/aromatic N) is 4. The first-order chi connectivity index (χ1) is 15.9. The van der Waals surface area contributed by atoms with Crippen molar-refractivity contribution in [1.82, 2.24) is 14.9 Å². The van der Waals surface area contributed by atoms with Crippen molar-refractivity contribution < 1.29 is 14.6 Å². The van der Waals surface area contributed by atoms with E-state index in [-0.39, 0.29) is 12.5 Å². The monoisotopic (exact) mass is 449 g/mol. The van der Waals surface area contributed by atoms with Crippen LogP contribution in [0.25, 0.3) is 10.9 Å². The average molecular weight is 450 g/mol. The van der Waals surface area contributed by atoms with Crippen molar-refractivity contribution >= 4 is 22.5 Å². The number of ether oxygens (including phenoxy) is 1. The fourth-order valence-electron chi connectivity index (χ4n) is 4.36. The van der Waals surface area contributed by atoms with Crippen LogP contribution in [0.2, 0.25) is 0 Å². The summed E-state index contributed by atoms with van der Waals surface area (Å²) in [5.74, 6) is 0.488. The number of benzene rings is 1. The molecule has 4 rings (SSSR count). The van der Waals surface area contributed by atoms with Crippen molar-refractivity contribution in [2.24, 2.45) is 5.73 Å². The number of likely N-dealkylation sites (N-methyl/N-ethyl adjacent to an activating group) is 1. The number of nitrogens with two attached hydrogens (primary N) is 1. The Morgan fingerprint density at radius 1 is 1.33 bits per heavy atom. The molecule has 1 aliphatic heterocycles. The molecule has 3 aromatic rings. The van der Waals surface area contributed by atoms with Gasteiger partial charge in [0.05, 0.1) is 18.7 Å². The molecule has 3 heterocycles. The summed E-state index contributed by atoms with van der Waals surface area (Å²) < 4.78 is 5.66. The number of carbonyl (C=O) groups excluding carboxylic acids is 1. The van der Waals surface area contributed by atoms with Gasteiger partial charge in [0.25, 0.3) is 5.91 Å². The highest BCUT2D eigenvalue weighted by Crippen LogP contribution is 2.32. The summed E-state index contributed by atoms with van der Waals surface area (Å²) in [6.07, 6.45) is 4.87. The van der Waals surface area contributed by atoms with Crippen LogP contribution in [0, 0.1) is 6.92 Å². The van der Waals surface area contributed by atoms with E-state index in [1.165, 1.54) is 0 Å². The zero-order valence-electron chi connectivity index (χ0n) is 19.2. The Bertz CT molecular complexity index is 1140. The molecule has 1 saturated heterocycles. The normalized spacial score (nSPS) is 18.0. The Balaban J connectivity index is 1.45. The van der Waals surface area contributed by atoms with Crippen LogP contribution in [-0.2, 0) is 0 Å². The maximum atomic E-state index is 13.0. The van der Waals surface area contributed by atoms with Gasteiger partial charge in [0.15, 0.2) is 0 Å². The molecule has 2 aromatic heterocycles. The summed E-state index contributed by atoms with van der Waals surface area (Å²) in [6, 6.07) is 11.0. The summed E-state index contributed by atoms with van der Waals surface area (Å²) in [7, 11) is 1.72. The molecular weight excluding hydrogens is 418 g/mol. The molecular formula is C25H31N5O3. The number of aliphatic hydroxyl groups is 1. The summed E-state index contributed by atoms with van der Waals surface area (Å²) >= 11 is 0. The van der Waals surface area contributed by atoms with E-state index in [9.17, 15) is 9.90 Å². The highest BCUT2D eigenvalue weighted by Gasteiger charge is 2.38. The largest absolute Gasteiger partial charge is 0.494 e. The molecule has 8 nitrogen and oxygen atoms in total. The number of amides is 1. The predicted octanol–water partition coefficient (Wildman–Crippen LogP) is 2.38. The van der Waals surface area contributed by atoms with Crippen molar-refractivity contribution in [2.45, 2.75) is 25.4 Å². The highest BCUT2D eigenvalue weighted by atomic mass is 16.5. The van der Waals surface area contributed by atoms with Crippen molar-refractivity contribution in [2.75, 3.05) is 44.7 Å². The highest BCUT2D eigenvalue weighted by molar-refractivity contribution is 5.94. The standard InChI is InChI=1S/C25H31N5O3/c1-18-13-23(21-15-27-10-7-22(21)28-18)30-11-8-25(32,17-30)16-29(2)24(31)19-5-3-6-20(14-19)33-12-4-9-26/h3,5-7,10,13-15,32H,4,8-9,11-12,16-17,26H2,1-2H3. The molecule has 1 unspecified atom stereocenters. The van der Waals surface area contributed by atoms with Crippen LogP contribution in [0.3, 0.4) is 0 Å². The minimum Gasteiger partial charge on any atom is -0.494 e. The van der Waals surface area contributed by atoms with E-state index in [2.05, 4.69) is 14.9 Å². The number of carbonyl (C=O) groups is 1. The van der Waals surface area contributed by atoms with Gasteiger partial charge in [0, 0.05) is 54.9 Å². The molecule has 33 heavy (non-hydrogen) atoms. The fourth-order valence-corrected chi connectivity index (χ4v) is 4.36. The van der Waals surface area contributed by atoms with Gasteiger partial charge in [-0.05, 0) is 56.6 Å². The van der Waals surface area contributed by atoms with E-state index in [0.717, 1.165) is 28.7 Å². The molecule has 1 atom stereocenters. The van der Waals surface area contributed by atoms with E-state index in [0.29, 0.717) is 44.0 Å². The number of β-amino-alcohol motifs (C(OH)–C–C–N with tert-alkyl or cyclic N) is 1. The molecule has 0 saturated carbocycles. The molecule has 0 radical (unpaired) electrons. The topological polar surface area (TPSA) is 105 Å². The van der Waals surface area contributed by atoms with E-state index < -0.39 is 5.60 Å². The van der Waals surface area contributed by atoms with Gasteiger partial charge in [0.1, 0.15) is 11.4 Å². The number of aryl methyl sites for hydroxylation is 1. The molecule has 1 aliphatic rings. The van der Waals surface area contributed by atoms with Gasteiger partial charge < -0.3 is 25.4 Å². The molecule has 0 spiro atoms. The number of pyridine rings is 2. The molecule has 1 fully saturated rings. The molecule has 3 N–H and O–H groups in total. The first-order valence-electron chi connectivity index (χ1n) is 11.3. The van der Waals surface area contributed by atoms with Crippen LogP contribution in [0.15, 0.2) is 48.8 Å². The van der Waals surface area contributed by atoms with Crippen LogP contribution in [0.1, 0.15) is 28.9 Å². The molecule has 174 valence electrons. The second-order valence-corrected chi connectivity index (χ2v) is 8.75. The van der Waals surface area contributed by atoms with Gasteiger partial charge in [0.2, 0.25) is 0 Å². The maximum absolute atomic E-state index is 13.0. The van der Waals surface area contributed by atoms with E-state index in [1.807, 2.05) is 31.3 Å². The minimum absolute atomic E-state index is 0.152. The van der Waals surface area contributed by atoms with Gasteiger partial charge >= 0.3 is 0 Å². The smallest absolute Gasteiger partial charge is 0.253 e. The number of rotatable bonds is 8. The van der Waals surface area contributed by atoms with E-state index >= 15 is 0 Å². The maximum Gasteiger partial charge on any atom is 0.253 e. The lowest BCUT2D eigenvalue weighted by atomic mass is 10.0. The second-order valence-electron chi connectivity index (χ2n) is 8.75. The number of aromatic nitrogens is 2. The molecule has 1 aromatic carbocycles. The molecule has 8 heteroatoms. The average Bonchev–Trinajstić information content (AvgIpc) is 3.19. The van der Waals surface area contributed by atoms with Crippen molar-refractivity contribution in [1.29, 1.82) is 0 Å². The lowest BCUT2D eigenvalue weighted by Crippen LogP contribution is -2.45. The number of hydrogen-bond acceptors (Lipinski definition) is 7. The van der Waals surface area contributed by atoms with Crippen LogP contribution in [-0.4, -0.2) is 71.3 Å². The van der Waals surface area contributed by atoms with E-state index in [1.54, 1.807) is 36.3 Å². The molecule has 1 amide bonds. The summed E-state index contributed by atoms with van der Waals surface area (Å²) in [4.78, 5) is 25.6. The number of anilines is 1. The Morgan fingerprint density at radius 2 is 2.18 bits per heavy atom. The van der Waals surface area contributed by atoms with Crippen LogP contribution in [0.5, 0.6) is 5.75 Å². The fraction of sp³-hybridized carbons (Fsp3) is 0.400. The molecule has 0 bridgehead atoms. The van der Waals surface area contributed by atoms with Gasteiger partial charge in [-0.3, -0.25) is 14.8 Å². The Morgan fingerprint density at radius 3 is 3.00 bits per heavy atom. The molecule has 0 aliphatic carbocycles. The first-order valence-corrected chi connectivity index (χ1v) is 11.3. The van der Waals surface area contributed by atoms with Gasteiger partial charge in [-0.25, -0.2) is 0 Å². The van der Waals surface area contributed by atoms with Crippen molar-refractivity contribution in [3.63, 3.8) is 0 Å². The van der Waals surface area contributed by atoms with Crippen molar-refractivity contribution in [3.05, 3.63) is 60.0 Å². The van der Waals surface area contributed by atoms with Crippen LogP contribution in [0.4, 0.5) is 5.69 Å². The lowest BCUT2D eigenvalue weighted by Gasteiger charge is -2.30. The van der Waals surface area contributed by atoms with Crippen molar-refractivity contribution in [3.8, 4) is 5.75 Å². The summed E-state index contributed by atoms with van der Waals surface area (Å²) in [5, 5.41) is 12.3. The zero-order valence-corrected chi connectivity index (χ0v) is 19.2. The first kappa shape index (κ1) is 22.9. The van der Waals surface area contributed by atoms with E-state index in [4.69, 9.17) is 10.5 Å². The van der Waals surface area contributed by atoms with Crippen LogP contribution < -0.4 is 15.4 Å². The number of hydrogen-bond donors (Lipinski definition) is 2. The Kier molecular flexibility index (Phi) is 6.76. The Labute approximate surface area is 194 Å². The number of fused-ring (bicyclic) bond motifs is 1. The van der Waals surface area contributed by atoms with Crippen LogP contribution >= 0.6 is 0 Å². The third kappa shape index (κ3) is 5.23. The minimum atomic E-state index is -1.01. The van der Waals surface area contributed by atoms with Gasteiger partial charge in [-0.2, -0.15) is 0 Å². The van der Waals surface area contributed by atoms with Gasteiger partial charge in [-0.15, -0.1) is 0 Å². The summed E-state index contributed by atoms with van der Waals surface area (Å²) in [6.45, 7) is 4.39. The second kappa shape index (κ2) is 9.72. The zero-order chi connectivity index (χ0) is 23.4. The summed E-state index contributed by atoms with van der Waals surface area (Å²) in [5.41, 5.74) is 7.84. The third-order valence-corrected chi connectivity index (χ3v) is 5.97. The van der Waals surface area contributed by atoms with Gasteiger partial charge in [-0.1, -0.05) is 6.07 Å². The third-order valence-electron chi connectivity index (χ3n) is 5.97. The predicted molar refractivity (Wildman–Crippen MR) is 129 cm³/mol. The lowest BCUT2D eigenvalue weighted by molar-refractivity contribution is 0.0264. The quantitative estimate of drug-likeness (QED) is 0.509. The SMILES string of the molecule is Cc1cc(N2CCC(O)(CN(C)C(=O)c3cccc(OCCCN)c3)C2)c2cnccc2n1.